The quantitative estimate of drug-likeness (QED) is 0.872. The molecule has 0 aromatic heterocycles. The van der Waals surface area contributed by atoms with Gasteiger partial charge in [0.2, 0.25) is 5.91 Å². The third-order valence-corrected chi connectivity index (χ3v) is 3.14. The Balaban J connectivity index is 2.71. The van der Waals surface area contributed by atoms with Crippen molar-refractivity contribution in [2.75, 3.05) is 13.6 Å². The molecule has 1 aromatic carbocycles. The zero-order valence-electron chi connectivity index (χ0n) is 11.2. The van der Waals surface area contributed by atoms with Crippen LogP contribution in [0.4, 0.5) is 4.39 Å². The van der Waals surface area contributed by atoms with E-state index in [1.807, 2.05) is 6.92 Å². The smallest absolute Gasteiger partial charge is 0.226 e. The van der Waals surface area contributed by atoms with Gasteiger partial charge < -0.3 is 10.6 Å². The number of amides is 1. The summed E-state index contributed by atoms with van der Waals surface area (Å²) >= 11 is 0. The van der Waals surface area contributed by atoms with Crippen LogP contribution in [0.3, 0.4) is 0 Å². The number of benzene rings is 1. The van der Waals surface area contributed by atoms with Crippen LogP contribution >= 0.6 is 0 Å². The maximum atomic E-state index is 13.1. The van der Waals surface area contributed by atoms with Gasteiger partial charge in [-0.2, -0.15) is 0 Å². The van der Waals surface area contributed by atoms with Gasteiger partial charge >= 0.3 is 0 Å². The molecule has 0 aliphatic heterocycles. The fourth-order valence-corrected chi connectivity index (χ4v) is 1.91. The maximum Gasteiger partial charge on any atom is 0.226 e. The van der Waals surface area contributed by atoms with Crippen LogP contribution in [0.1, 0.15) is 24.5 Å². The van der Waals surface area contributed by atoms with E-state index in [1.165, 1.54) is 6.07 Å². The highest BCUT2D eigenvalue weighted by atomic mass is 19.1. The van der Waals surface area contributed by atoms with Gasteiger partial charge in [0.1, 0.15) is 5.82 Å². The minimum absolute atomic E-state index is 0.0435. The van der Waals surface area contributed by atoms with Crippen molar-refractivity contribution in [3.8, 4) is 0 Å². The molecule has 1 atom stereocenters. The van der Waals surface area contributed by atoms with Gasteiger partial charge in [-0.05, 0) is 30.5 Å². The molecule has 0 saturated carbocycles. The first-order valence-electron chi connectivity index (χ1n) is 6.19. The number of hydrogen-bond acceptors (Lipinski definition) is 2. The van der Waals surface area contributed by atoms with Crippen molar-refractivity contribution in [1.29, 1.82) is 0 Å². The molecular formula is C14H21FN2O. The van der Waals surface area contributed by atoms with Crippen LogP contribution in [0.15, 0.2) is 18.2 Å². The first-order valence-corrected chi connectivity index (χ1v) is 6.19. The molecule has 0 aliphatic rings. The number of carbonyl (C=O) groups excluding carboxylic acids is 1. The standard InChI is InChI=1S/C14H21FN2O/c1-4-12(8-16)14(18)17(3)9-11-5-6-13(15)10(2)7-11/h5-7,12H,4,8-9,16H2,1-3H3. The lowest BCUT2D eigenvalue weighted by Gasteiger charge is -2.22. The molecule has 4 heteroatoms. The predicted octanol–water partition coefficient (Wildman–Crippen LogP) is 2.08. The molecule has 0 bridgehead atoms. The highest BCUT2D eigenvalue weighted by molar-refractivity contribution is 5.78. The average molecular weight is 252 g/mol. The molecule has 0 saturated heterocycles. The first kappa shape index (κ1) is 14.6. The summed E-state index contributed by atoms with van der Waals surface area (Å²) in [6.45, 7) is 4.51. The van der Waals surface area contributed by atoms with Gasteiger partial charge in [-0.1, -0.05) is 19.1 Å². The molecule has 18 heavy (non-hydrogen) atoms. The van der Waals surface area contributed by atoms with E-state index in [2.05, 4.69) is 0 Å². The first-order chi connectivity index (χ1) is 8.49. The second-order valence-corrected chi connectivity index (χ2v) is 4.62. The average Bonchev–Trinajstić information content (AvgIpc) is 2.35. The lowest BCUT2D eigenvalue weighted by molar-refractivity contribution is -0.134. The van der Waals surface area contributed by atoms with Crippen molar-refractivity contribution >= 4 is 5.91 Å². The van der Waals surface area contributed by atoms with Crippen LogP contribution in [0, 0.1) is 18.7 Å². The third-order valence-electron chi connectivity index (χ3n) is 3.14. The summed E-state index contributed by atoms with van der Waals surface area (Å²) in [6.07, 6.45) is 0.738. The Morgan fingerprint density at radius 2 is 2.17 bits per heavy atom. The van der Waals surface area contributed by atoms with Crippen LogP contribution in [0.2, 0.25) is 0 Å². The van der Waals surface area contributed by atoms with Crippen LogP contribution in [-0.4, -0.2) is 24.4 Å². The molecule has 1 rings (SSSR count). The van der Waals surface area contributed by atoms with Crippen LogP contribution < -0.4 is 5.73 Å². The fraction of sp³-hybridized carbons (Fsp3) is 0.500. The Bertz CT molecular complexity index is 416. The number of hydrogen-bond donors (Lipinski definition) is 1. The van der Waals surface area contributed by atoms with Gasteiger partial charge in [-0.3, -0.25) is 4.79 Å². The van der Waals surface area contributed by atoms with Crippen molar-refractivity contribution in [3.63, 3.8) is 0 Å². The second kappa shape index (κ2) is 6.50. The summed E-state index contributed by atoms with van der Waals surface area (Å²) in [5, 5.41) is 0. The van der Waals surface area contributed by atoms with E-state index < -0.39 is 0 Å². The molecule has 0 aliphatic carbocycles. The van der Waals surface area contributed by atoms with Gasteiger partial charge in [0.15, 0.2) is 0 Å². The fourth-order valence-electron chi connectivity index (χ4n) is 1.91. The maximum absolute atomic E-state index is 13.1. The molecule has 0 radical (unpaired) electrons. The Morgan fingerprint density at radius 1 is 1.50 bits per heavy atom. The molecule has 2 N–H and O–H groups in total. The van der Waals surface area contributed by atoms with E-state index in [-0.39, 0.29) is 17.6 Å². The van der Waals surface area contributed by atoms with Crippen molar-refractivity contribution in [2.24, 2.45) is 11.7 Å². The van der Waals surface area contributed by atoms with Gasteiger partial charge in [0.25, 0.3) is 0 Å². The molecule has 1 unspecified atom stereocenters. The normalized spacial score (nSPS) is 12.3. The molecule has 0 heterocycles. The highest BCUT2D eigenvalue weighted by Crippen LogP contribution is 2.13. The van der Waals surface area contributed by atoms with E-state index in [0.29, 0.717) is 18.7 Å². The second-order valence-electron chi connectivity index (χ2n) is 4.62. The summed E-state index contributed by atoms with van der Waals surface area (Å²) < 4.78 is 13.1. The highest BCUT2D eigenvalue weighted by Gasteiger charge is 2.18. The predicted molar refractivity (Wildman–Crippen MR) is 70.4 cm³/mol. The SMILES string of the molecule is CCC(CN)C(=O)N(C)Cc1ccc(F)c(C)c1. The topological polar surface area (TPSA) is 46.3 Å². The minimum atomic E-state index is -0.221. The van der Waals surface area contributed by atoms with E-state index in [4.69, 9.17) is 5.73 Å². The lowest BCUT2D eigenvalue weighted by atomic mass is 10.0. The molecule has 0 spiro atoms. The molecular weight excluding hydrogens is 231 g/mol. The molecule has 1 amide bonds. The van der Waals surface area contributed by atoms with E-state index in [0.717, 1.165) is 12.0 Å². The van der Waals surface area contributed by atoms with Crippen molar-refractivity contribution in [2.45, 2.75) is 26.8 Å². The Kier molecular flexibility index (Phi) is 5.28. The van der Waals surface area contributed by atoms with Gasteiger partial charge in [-0.15, -0.1) is 0 Å². The third kappa shape index (κ3) is 3.53. The zero-order valence-corrected chi connectivity index (χ0v) is 11.2. The minimum Gasteiger partial charge on any atom is -0.341 e. The van der Waals surface area contributed by atoms with Crippen molar-refractivity contribution in [3.05, 3.63) is 35.1 Å². The van der Waals surface area contributed by atoms with Gasteiger partial charge in [0.05, 0.1) is 5.92 Å². The number of carbonyl (C=O) groups is 1. The van der Waals surface area contributed by atoms with E-state index in [1.54, 1.807) is 31.0 Å². The molecule has 100 valence electrons. The van der Waals surface area contributed by atoms with Crippen LogP contribution in [0.5, 0.6) is 0 Å². The molecule has 0 fully saturated rings. The number of aryl methyl sites for hydroxylation is 1. The van der Waals surface area contributed by atoms with Crippen LogP contribution in [0.25, 0.3) is 0 Å². The molecule has 3 nitrogen and oxygen atoms in total. The summed E-state index contributed by atoms with van der Waals surface area (Å²) in [5.41, 5.74) is 7.09. The molecule has 1 aromatic rings. The van der Waals surface area contributed by atoms with E-state index in [9.17, 15) is 9.18 Å². The monoisotopic (exact) mass is 252 g/mol. The Hall–Kier alpha value is -1.42. The zero-order chi connectivity index (χ0) is 13.7. The Morgan fingerprint density at radius 3 is 2.67 bits per heavy atom. The summed E-state index contributed by atoms with van der Waals surface area (Å²) in [4.78, 5) is 13.7. The van der Waals surface area contributed by atoms with Crippen molar-refractivity contribution < 1.29 is 9.18 Å². The summed E-state index contributed by atoms with van der Waals surface area (Å²) in [7, 11) is 1.75. The number of nitrogens with two attached hydrogens (primary N) is 1. The summed E-state index contributed by atoms with van der Waals surface area (Å²) in [5.74, 6) is -0.306. The lowest BCUT2D eigenvalue weighted by Crippen LogP contribution is -2.35. The largest absolute Gasteiger partial charge is 0.341 e. The number of nitrogens with zero attached hydrogens (tertiary/aromatic N) is 1. The van der Waals surface area contributed by atoms with Crippen LogP contribution in [-0.2, 0) is 11.3 Å². The number of halogens is 1. The van der Waals surface area contributed by atoms with Gasteiger partial charge in [0, 0.05) is 20.1 Å². The Labute approximate surface area is 108 Å². The van der Waals surface area contributed by atoms with E-state index >= 15 is 0 Å². The summed E-state index contributed by atoms with van der Waals surface area (Å²) in [6, 6.07) is 4.90. The van der Waals surface area contributed by atoms with Crippen molar-refractivity contribution in [1.82, 2.24) is 4.90 Å². The van der Waals surface area contributed by atoms with Gasteiger partial charge in [-0.25, -0.2) is 4.39 Å². The number of rotatable bonds is 5.